The molecule has 5 rings (SSSR count). The summed E-state index contributed by atoms with van der Waals surface area (Å²) >= 11 is 0. The van der Waals surface area contributed by atoms with Crippen LogP contribution in [0.1, 0.15) is 21.6 Å². The molecule has 0 atom stereocenters. The molecule has 178 valence electrons. The summed E-state index contributed by atoms with van der Waals surface area (Å²) < 4.78 is 1.24. The van der Waals surface area contributed by atoms with Gasteiger partial charge in [0, 0.05) is 0 Å². The number of hydrogen-bond donors (Lipinski definition) is 2. The number of carbonyl (C=O) groups is 1. The molecule has 2 heterocycles. The molecule has 0 aliphatic heterocycles. The number of para-hydroxylation sites is 2. The third-order valence-electron chi connectivity index (χ3n) is 5.76. The van der Waals surface area contributed by atoms with Crippen molar-refractivity contribution < 1.29 is 4.79 Å². The largest absolute Gasteiger partial charge is 0.383 e. The molecular formula is C27H22N6O3. The van der Waals surface area contributed by atoms with Crippen molar-refractivity contribution in [1.29, 1.82) is 0 Å². The highest BCUT2D eigenvalue weighted by Crippen LogP contribution is 2.23. The lowest BCUT2D eigenvalue weighted by atomic mass is 10.2. The fourth-order valence-electron chi connectivity index (χ4n) is 3.98. The number of hydrogen-bond acceptors (Lipinski definition) is 6. The number of H-pyrrole nitrogens is 1. The van der Waals surface area contributed by atoms with E-state index in [1.54, 1.807) is 18.2 Å². The highest BCUT2D eigenvalue weighted by Gasteiger charge is 2.27. The molecule has 0 radical (unpaired) electrons. The van der Waals surface area contributed by atoms with Crippen LogP contribution in [0.2, 0.25) is 0 Å². The Balaban J connectivity index is 1.64. The van der Waals surface area contributed by atoms with E-state index in [4.69, 9.17) is 5.73 Å². The molecule has 9 heteroatoms. The highest BCUT2D eigenvalue weighted by molar-refractivity contribution is 6.06. The molecule has 1 amide bonds. The molecule has 36 heavy (non-hydrogen) atoms. The van der Waals surface area contributed by atoms with Crippen molar-refractivity contribution in [2.45, 2.75) is 13.1 Å². The Morgan fingerprint density at radius 1 is 0.861 bits per heavy atom. The SMILES string of the molecule is Nc1c(N(Cc2ccccc2)C(=O)c2cnc3ccccc3n2)c(=O)[nH]c(=O)n1Cc1ccccc1. The Labute approximate surface area is 205 Å². The van der Waals surface area contributed by atoms with Crippen LogP contribution in [0.3, 0.4) is 0 Å². The van der Waals surface area contributed by atoms with Crippen molar-refractivity contribution in [3.05, 3.63) is 129 Å². The standard InChI is InChI=1S/C27H22N6O3/c28-24-23(25(34)31-27(36)33(24)17-19-11-5-2-6-12-19)32(16-18-9-3-1-4-10-18)26(35)22-15-29-20-13-7-8-14-21(20)30-22/h1-15H,16-17,28H2,(H,31,34,36). The van der Waals surface area contributed by atoms with Gasteiger partial charge >= 0.3 is 5.69 Å². The van der Waals surface area contributed by atoms with E-state index in [1.807, 2.05) is 66.7 Å². The van der Waals surface area contributed by atoms with Gasteiger partial charge in [0.2, 0.25) is 0 Å². The molecule has 3 N–H and O–H groups in total. The van der Waals surface area contributed by atoms with Crippen LogP contribution < -0.4 is 21.9 Å². The summed E-state index contributed by atoms with van der Waals surface area (Å²) in [6.45, 7) is 0.156. The number of fused-ring (bicyclic) bond motifs is 1. The van der Waals surface area contributed by atoms with Crippen LogP contribution in [-0.4, -0.2) is 25.4 Å². The molecule has 0 aliphatic carbocycles. The van der Waals surface area contributed by atoms with Crippen LogP contribution in [0.4, 0.5) is 11.5 Å². The van der Waals surface area contributed by atoms with Gasteiger partial charge in [0.15, 0.2) is 5.69 Å². The molecule has 5 aromatic rings. The van der Waals surface area contributed by atoms with Crippen molar-refractivity contribution in [3.63, 3.8) is 0 Å². The fraction of sp³-hybridized carbons (Fsp3) is 0.0741. The van der Waals surface area contributed by atoms with E-state index in [0.717, 1.165) is 11.1 Å². The van der Waals surface area contributed by atoms with Crippen LogP contribution in [0, 0.1) is 0 Å². The molecule has 0 bridgehead atoms. The molecule has 0 spiro atoms. The first kappa shape index (κ1) is 22.7. The number of amides is 1. The van der Waals surface area contributed by atoms with Gasteiger partial charge in [-0.15, -0.1) is 0 Å². The number of aromatic nitrogens is 4. The van der Waals surface area contributed by atoms with Crippen molar-refractivity contribution >= 4 is 28.4 Å². The topological polar surface area (TPSA) is 127 Å². The normalized spacial score (nSPS) is 10.9. The second kappa shape index (κ2) is 9.67. The summed E-state index contributed by atoms with van der Waals surface area (Å²) in [5.74, 6) is -0.690. The van der Waals surface area contributed by atoms with E-state index >= 15 is 0 Å². The summed E-state index contributed by atoms with van der Waals surface area (Å²) in [5, 5.41) is 0. The number of aromatic amines is 1. The van der Waals surface area contributed by atoms with Crippen LogP contribution >= 0.6 is 0 Å². The maximum Gasteiger partial charge on any atom is 0.330 e. The van der Waals surface area contributed by atoms with Gasteiger partial charge in [-0.05, 0) is 23.3 Å². The first-order chi connectivity index (χ1) is 17.5. The van der Waals surface area contributed by atoms with E-state index in [0.29, 0.717) is 11.0 Å². The second-order valence-electron chi connectivity index (χ2n) is 8.19. The number of anilines is 2. The number of rotatable bonds is 6. The Morgan fingerprint density at radius 3 is 2.17 bits per heavy atom. The number of nitrogens with zero attached hydrogens (tertiary/aromatic N) is 4. The number of nitrogen functional groups attached to an aromatic ring is 1. The van der Waals surface area contributed by atoms with Gasteiger partial charge < -0.3 is 5.73 Å². The Hall–Kier alpha value is -5.05. The second-order valence-corrected chi connectivity index (χ2v) is 8.19. The summed E-state index contributed by atoms with van der Waals surface area (Å²) in [6, 6.07) is 25.6. The third kappa shape index (κ3) is 4.49. The summed E-state index contributed by atoms with van der Waals surface area (Å²) in [4.78, 5) is 51.9. The summed E-state index contributed by atoms with van der Waals surface area (Å²) in [7, 11) is 0. The lowest BCUT2D eigenvalue weighted by molar-refractivity contribution is 0.0980. The number of nitrogens with one attached hydrogen (secondary N) is 1. The zero-order valence-electron chi connectivity index (χ0n) is 19.2. The van der Waals surface area contributed by atoms with E-state index in [-0.39, 0.29) is 30.3 Å². The average molecular weight is 479 g/mol. The number of carbonyl (C=O) groups excluding carboxylic acids is 1. The minimum Gasteiger partial charge on any atom is -0.383 e. The van der Waals surface area contributed by atoms with Crippen molar-refractivity contribution in [2.24, 2.45) is 0 Å². The van der Waals surface area contributed by atoms with E-state index < -0.39 is 17.2 Å². The molecule has 0 fully saturated rings. The maximum atomic E-state index is 13.8. The van der Waals surface area contributed by atoms with Crippen molar-refractivity contribution in [1.82, 2.24) is 19.5 Å². The van der Waals surface area contributed by atoms with E-state index in [2.05, 4.69) is 15.0 Å². The highest BCUT2D eigenvalue weighted by atomic mass is 16.2. The average Bonchev–Trinajstić information content (AvgIpc) is 2.91. The monoisotopic (exact) mass is 478 g/mol. The zero-order valence-corrected chi connectivity index (χ0v) is 19.2. The number of benzene rings is 3. The van der Waals surface area contributed by atoms with E-state index in [9.17, 15) is 14.4 Å². The van der Waals surface area contributed by atoms with Crippen LogP contribution in [-0.2, 0) is 13.1 Å². The Morgan fingerprint density at radius 2 is 1.47 bits per heavy atom. The van der Waals surface area contributed by atoms with Gasteiger partial charge in [-0.3, -0.25) is 29.0 Å². The Kier molecular flexibility index (Phi) is 6.10. The minimum absolute atomic E-state index is 0.0327. The van der Waals surface area contributed by atoms with Gasteiger partial charge in [0.25, 0.3) is 11.5 Å². The lowest BCUT2D eigenvalue weighted by Crippen LogP contribution is -2.41. The van der Waals surface area contributed by atoms with Crippen LogP contribution in [0.5, 0.6) is 0 Å². The first-order valence-corrected chi connectivity index (χ1v) is 11.3. The van der Waals surface area contributed by atoms with Gasteiger partial charge in [0.1, 0.15) is 11.5 Å². The van der Waals surface area contributed by atoms with Gasteiger partial charge in [-0.1, -0.05) is 72.8 Å². The zero-order chi connectivity index (χ0) is 25.1. The summed E-state index contributed by atoms with van der Waals surface area (Å²) in [6.07, 6.45) is 1.37. The minimum atomic E-state index is -0.764. The predicted molar refractivity (Wildman–Crippen MR) is 138 cm³/mol. The van der Waals surface area contributed by atoms with Crippen molar-refractivity contribution in [3.8, 4) is 0 Å². The molecule has 9 nitrogen and oxygen atoms in total. The van der Waals surface area contributed by atoms with E-state index in [1.165, 1.54) is 15.7 Å². The smallest absolute Gasteiger partial charge is 0.330 e. The molecular weight excluding hydrogens is 456 g/mol. The maximum absolute atomic E-state index is 13.8. The lowest BCUT2D eigenvalue weighted by Gasteiger charge is -2.24. The molecule has 3 aromatic carbocycles. The summed E-state index contributed by atoms with van der Waals surface area (Å²) in [5.41, 5.74) is 7.65. The third-order valence-corrected chi connectivity index (χ3v) is 5.76. The van der Waals surface area contributed by atoms with Gasteiger partial charge in [0.05, 0.1) is 30.3 Å². The Bertz CT molecular complexity index is 1660. The first-order valence-electron chi connectivity index (χ1n) is 11.3. The fourth-order valence-corrected chi connectivity index (χ4v) is 3.98. The molecule has 0 saturated carbocycles. The van der Waals surface area contributed by atoms with Gasteiger partial charge in [-0.2, -0.15) is 0 Å². The van der Waals surface area contributed by atoms with Crippen LogP contribution in [0.25, 0.3) is 11.0 Å². The molecule has 2 aromatic heterocycles. The van der Waals surface area contributed by atoms with Crippen LogP contribution in [0.15, 0.2) is 101 Å². The van der Waals surface area contributed by atoms with Crippen molar-refractivity contribution in [2.75, 3.05) is 10.6 Å². The number of nitrogens with two attached hydrogens (primary N) is 1. The quantitative estimate of drug-likeness (QED) is 0.386. The molecule has 0 saturated heterocycles. The molecule has 0 unspecified atom stereocenters. The predicted octanol–water partition coefficient (Wildman–Crippen LogP) is 2.96. The van der Waals surface area contributed by atoms with Gasteiger partial charge in [-0.25, -0.2) is 9.78 Å². The molecule has 0 aliphatic rings.